The second-order valence-corrected chi connectivity index (χ2v) is 5.87. The molecule has 2 rings (SSSR count). The SMILES string of the molecule is CCOc1nccc2c(S(=O)(=O)Cl)cccc12. The molecule has 0 atom stereocenters. The van der Waals surface area contributed by atoms with Crippen LogP contribution in [0, 0.1) is 0 Å². The molecule has 1 aromatic carbocycles. The molecule has 0 N–H and O–H groups in total. The normalized spacial score (nSPS) is 11.6. The van der Waals surface area contributed by atoms with Gasteiger partial charge in [0, 0.05) is 27.7 Å². The van der Waals surface area contributed by atoms with Gasteiger partial charge in [-0.15, -0.1) is 0 Å². The van der Waals surface area contributed by atoms with Gasteiger partial charge >= 0.3 is 0 Å². The van der Waals surface area contributed by atoms with Gasteiger partial charge in [0.15, 0.2) is 0 Å². The van der Waals surface area contributed by atoms with E-state index in [0.717, 1.165) is 0 Å². The van der Waals surface area contributed by atoms with Gasteiger partial charge in [0.2, 0.25) is 5.88 Å². The summed E-state index contributed by atoms with van der Waals surface area (Å²) in [4.78, 5) is 4.13. The van der Waals surface area contributed by atoms with Gasteiger partial charge in [-0.2, -0.15) is 0 Å². The first kappa shape index (κ1) is 12.1. The highest BCUT2D eigenvalue weighted by Crippen LogP contribution is 2.29. The molecule has 1 aromatic heterocycles. The van der Waals surface area contributed by atoms with E-state index in [2.05, 4.69) is 4.98 Å². The van der Waals surface area contributed by atoms with Crippen LogP contribution in [0.15, 0.2) is 35.4 Å². The molecule has 0 aliphatic heterocycles. The highest BCUT2D eigenvalue weighted by atomic mass is 35.7. The summed E-state index contributed by atoms with van der Waals surface area (Å²) >= 11 is 0. The molecule has 0 fully saturated rings. The van der Waals surface area contributed by atoms with E-state index in [0.29, 0.717) is 23.3 Å². The Kier molecular flexibility index (Phi) is 3.22. The minimum absolute atomic E-state index is 0.0695. The van der Waals surface area contributed by atoms with Gasteiger partial charge in [0.1, 0.15) is 0 Å². The molecule has 0 unspecified atom stereocenters. The van der Waals surface area contributed by atoms with Crippen LogP contribution in [0.4, 0.5) is 0 Å². The molecule has 1 heterocycles. The Morgan fingerprint density at radius 1 is 1.29 bits per heavy atom. The second kappa shape index (κ2) is 4.50. The predicted octanol–water partition coefficient (Wildman–Crippen LogP) is 2.56. The fourth-order valence-electron chi connectivity index (χ4n) is 1.62. The summed E-state index contributed by atoms with van der Waals surface area (Å²) < 4.78 is 28.2. The van der Waals surface area contributed by atoms with Crippen molar-refractivity contribution in [3.05, 3.63) is 30.5 Å². The first-order valence-corrected chi connectivity index (χ1v) is 7.30. The molecular weight excluding hydrogens is 262 g/mol. The Labute approximate surface area is 104 Å². The number of fused-ring (bicyclic) bond motifs is 1. The van der Waals surface area contributed by atoms with Crippen molar-refractivity contribution in [1.82, 2.24) is 4.98 Å². The van der Waals surface area contributed by atoms with E-state index in [-0.39, 0.29) is 4.90 Å². The lowest BCUT2D eigenvalue weighted by atomic mass is 10.2. The van der Waals surface area contributed by atoms with E-state index >= 15 is 0 Å². The summed E-state index contributed by atoms with van der Waals surface area (Å²) in [6.07, 6.45) is 1.50. The lowest BCUT2D eigenvalue weighted by Crippen LogP contribution is -1.97. The van der Waals surface area contributed by atoms with Crippen LogP contribution in [0.5, 0.6) is 5.88 Å². The molecule has 0 amide bonds. The highest BCUT2D eigenvalue weighted by Gasteiger charge is 2.15. The average molecular weight is 272 g/mol. The summed E-state index contributed by atoms with van der Waals surface area (Å²) in [6.45, 7) is 2.30. The van der Waals surface area contributed by atoms with Crippen molar-refractivity contribution < 1.29 is 13.2 Å². The van der Waals surface area contributed by atoms with Crippen LogP contribution >= 0.6 is 10.7 Å². The summed E-state index contributed by atoms with van der Waals surface area (Å²) in [7, 11) is 1.61. The number of nitrogens with zero attached hydrogens (tertiary/aromatic N) is 1. The van der Waals surface area contributed by atoms with Crippen molar-refractivity contribution in [2.45, 2.75) is 11.8 Å². The number of hydrogen-bond donors (Lipinski definition) is 0. The Balaban J connectivity index is 2.79. The third kappa shape index (κ3) is 2.35. The van der Waals surface area contributed by atoms with Crippen LogP contribution in [0.25, 0.3) is 10.8 Å². The van der Waals surface area contributed by atoms with E-state index in [1.54, 1.807) is 18.2 Å². The fourth-order valence-corrected chi connectivity index (χ4v) is 2.70. The molecule has 0 bridgehead atoms. The summed E-state index contributed by atoms with van der Waals surface area (Å²) in [5.74, 6) is 0.409. The molecule has 17 heavy (non-hydrogen) atoms. The molecule has 2 aromatic rings. The van der Waals surface area contributed by atoms with Crippen LogP contribution < -0.4 is 4.74 Å². The Hall–Kier alpha value is -1.33. The second-order valence-electron chi connectivity index (χ2n) is 3.34. The third-order valence-corrected chi connectivity index (χ3v) is 3.65. The van der Waals surface area contributed by atoms with Crippen LogP contribution in [-0.2, 0) is 9.05 Å². The molecule has 0 spiro atoms. The molecule has 0 saturated heterocycles. The molecular formula is C11H10ClNO3S. The molecule has 0 radical (unpaired) electrons. The first-order valence-electron chi connectivity index (χ1n) is 4.99. The molecule has 90 valence electrons. The summed E-state index contributed by atoms with van der Waals surface area (Å²) in [5.41, 5.74) is 0. The van der Waals surface area contributed by atoms with E-state index in [1.807, 2.05) is 6.92 Å². The van der Waals surface area contributed by atoms with Crippen LogP contribution in [0.3, 0.4) is 0 Å². The van der Waals surface area contributed by atoms with Gasteiger partial charge in [-0.25, -0.2) is 13.4 Å². The van der Waals surface area contributed by atoms with Crippen molar-refractivity contribution in [3.63, 3.8) is 0 Å². The largest absolute Gasteiger partial charge is 0.478 e. The van der Waals surface area contributed by atoms with Gasteiger partial charge in [-0.05, 0) is 25.1 Å². The van der Waals surface area contributed by atoms with Gasteiger partial charge in [-0.1, -0.05) is 6.07 Å². The zero-order valence-electron chi connectivity index (χ0n) is 9.05. The van der Waals surface area contributed by atoms with E-state index in [9.17, 15) is 8.42 Å². The lowest BCUT2D eigenvalue weighted by molar-refractivity contribution is 0.331. The maximum absolute atomic E-state index is 11.4. The zero-order valence-corrected chi connectivity index (χ0v) is 10.6. The van der Waals surface area contributed by atoms with Crippen LogP contribution in [-0.4, -0.2) is 20.0 Å². The number of ether oxygens (including phenoxy) is 1. The molecule has 6 heteroatoms. The van der Waals surface area contributed by atoms with E-state index in [1.165, 1.54) is 12.3 Å². The topological polar surface area (TPSA) is 56.3 Å². The van der Waals surface area contributed by atoms with Gasteiger partial charge < -0.3 is 4.74 Å². The number of aromatic nitrogens is 1. The van der Waals surface area contributed by atoms with Crippen molar-refractivity contribution in [1.29, 1.82) is 0 Å². The lowest BCUT2D eigenvalue weighted by Gasteiger charge is -2.07. The molecule has 4 nitrogen and oxygen atoms in total. The standard InChI is InChI=1S/C11H10ClNO3S/c1-2-16-11-9-4-3-5-10(17(12,14)15)8(9)6-7-13-11/h3-7H,2H2,1H3. The number of hydrogen-bond acceptors (Lipinski definition) is 4. The first-order chi connectivity index (χ1) is 8.04. The number of rotatable bonds is 3. The number of benzene rings is 1. The summed E-state index contributed by atoms with van der Waals surface area (Å²) in [6, 6.07) is 6.42. The third-order valence-electron chi connectivity index (χ3n) is 2.27. The Bertz CT molecular complexity index is 655. The van der Waals surface area contributed by atoms with Gasteiger partial charge in [0.05, 0.1) is 11.5 Å². The fraction of sp³-hybridized carbons (Fsp3) is 0.182. The van der Waals surface area contributed by atoms with Gasteiger partial charge in [0.25, 0.3) is 9.05 Å². The zero-order chi connectivity index (χ0) is 12.5. The maximum Gasteiger partial charge on any atom is 0.261 e. The van der Waals surface area contributed by atoms with Gasteiger partial charge in [-0.3, -0.25) is 0 Å². The highest BCUT2D eigenvalue weighted by molar-refractivity contribution is 8.14. The smallest absolute Gasteiger partial charge is 0.261 e. The summed E-state index contributed by atoms with van der Waals surface area (Å²) in [5, 5.41) is 1.15. The van der Waals surface area contributed by atoms with Crippen LogP contribution in [0.1, 0.15) is 6.92 Å². The monoisotopic (exact) mass is 271 g/mol. The van der Waals surface area contributed by atoms with Crippen molar-refractivity contribution >= 4 is 30.5 Å². The molecule has 0 saturated carbocycles. The number of halogens is 1. The molecule has 0 aliphatic carbocycles. The average Bonchev–Trinajstić information content (AvgIpc) is 2.28. The van der Waals surface area contributed by atoms with Crippen molar-refractivity contribution in [3.8, 4) is 5.88 Å². The number of pyridine rings is 1. The molecule has 0 aliphatic rings. The van der Waals surface area contributed by atoms with Crippen molar-refractivity contribution in [2.24, 2.45) is 0 Å². The predicted molar refractivity (Wildman–Crippen MR) is 66.0 cm³/mol. The van der Waals surface area contributed by atoms with E-state index < -0.39 is 9.05 Å². The Morgan fingerprint density at radius 2 is 2.06 bits per heavy atom. The quantitative estimate of drug-likeness (QED) is 0.805. The van der Waals surface area contributed by atoms with Crippen molar-refractivity contribution in [2.75, 3.05) is 6.61 Å². The van der Waals surface area contributed by atoms with Crippen LogP contribution in [0.2, 0.25) is 0 Å². The minimum Gasteiger partial charge on any atom is -0.478 e. The van der Waals surface area contributed by atoms with E-state index in [4.69, 9.17) is 15.4 Å². The Morgan fingerprint density at radius 3 is 2.71 bits per heavy atom. The minimum atomic E-state index is -3.77. The maximum atomic E-state index is 11.4.